The van der Waals surface area contributed by atoms with Gasteiger partial charge in [-0.05, 0) is 10.4 Å². The van der Waals surface area contributed by atoms with E-state index in [0.717, 1.165) is 11.8 Å². The molecule has 1 saturated heterocycles. The number of ether oxygens (including phenoxy) is 1. The van der Waals surface area contributed by atoms with E-state index in [1.165, 1.54) is 15.9 Å². The van der Waals surface area contributed by atoms with Gasteiger partial charge in [-0.25, -0.2) is 4.79 Å². The molecule has 3 rings (SSSR count). The summed E-state index contributed by atoms with van der Waals surface area (Å²) in [7, 11) is 0. The summed E-state index contributed by atoms with van der Waals surface area (Å²) in [6, 6.07) is 0. The van der Waals surface area contributed by atoms with Crippen LogP contribution in [-0.4, -0.2) is 59.4 Å². The molecular weight excluding hydrogens is 278 g/mol. The Morgan fingerprint density at radius 1 is 1.58 bits per heavy atom. The monoisotopic (exact) mass is 285 g/mol. The second-order valence-corrected chi connectivity index (χ2v) is 4.84. The van der Waals surface area contributed by atoms with Crippen molar-refractivity contribution in [2.45, 2.75) is 5.37 Å². The van der Waals surface area contributed by atoms with Crippen molar-refractivity contribution in [3.63, 3.8) is 0 Å². The fourth-order valence-corrected chi connectivity index (χ4v) is 3.23. The average Bonchev–Trinajstić information content (AvgIpc) is 2.94. The first-order chi connectivity index (χ1) is 9.13. The predicted molar refractivity (Wildman–Crippen MR) is 58.9 cm³/mol. The van der Waals surface area contributed by atoms with Crippen molar-refractivity contribution in [3.8, 4) is 0 Å². The number of thioether (sulfide) groups is 1. The van der Waals surface area contributed by atoms with Crippen molar-refractivity contribution in [2.75, 3.05) is 6.61 Å². The molecule has 3 heterocycles. The Morgan fingerprint density at radius 2 is 2.37 bits per heavy atom. The summed E-state index contributed by atoms with van der Waals surface area (Å²) in [6.07, 6.45) is -0.278. The molecule has 11 heteroatoms. The van der Waals surface area contributed by atoms with Crippen molar-refractivity contribution in [3.05, 3.63) is 12.2 Å². The van der Waals surface area contributed by atoms with Gasteiger partial charge in [-0.3, -0.25) is 9.69 Å². The average molecular weight is 285 g/mol. The van der Waals surface area contributed by atoms with Crippen LogP contribution in [0.5, 0.6) is 0 Å². The van der Waals surface area contributed by atoms with Crippen LogP contribution >= 0.6 is 11.8 Å². The minimum Gasteiger partial charge on any atom is -0.449 e. The molecule has 1 fully saturated rings. The number of rotatable bonds is 3. The van der Waals surface area contributed by atoms with Crippen LogP contribution in [0.1, 0.15) is 0 Å². The number of tetrazole rings is 1. The number of aliphatic hydroxyl groups is 1. The largest absolute Gasteiger partial charge is 0.512 e. The molecule has 1 amide bonds. The maximum Gasteiger partial charge on any atom is 0.512 e. The van der Waals surface area contributed by atoms with E-state index in [0.29, 0.717) is 5.03 Å². The smallest absolute Gasteiger partial charge is 0.449 e. The lowest BCUT2D eigenvalue weighted by Crippen LogP contribution is -2.58. The molecule has 0 aliphatic carbocycles. The highest BCUT2D eigenvalue weighted by Gasteiger charge is 2.56. The van der Waals surface area contributed by atoms with E-state index in [1.54, 1.807) is 0 Å². The summed E-state index contributed by atoms with van der Waals surface area (Å²) in [5.41, 5.74) is 0. The van der Waals surface area contributed by atoms with Gasteiger partial charge in [0.05, 0.1) is 12.5 Å². The van der Waals surface area contributed by atoms with Crippen molar-refractivity contribution in [1.29, 1.82) is 0 Å². The lowest BCUT2D eigenvalue weighted by Gasteiger charge is -2.40. The van der Waals surface area contributed by atoms with Gasteiger partial charge < -0.3 is 14.9 Å². The standard InChI is InChI=1S/C8H7N5O5S/c14-1-3-4(15)13-5(18-8(16)17)7(19-6(3)13)12-2-9-10-11-12/h2-3,6,14H,1H2,(H,16,17)/t3-,6+/m0/s1. The molecule has 0 aromatic carbocycles. The molecule has 2 atom stereocenters. The van der Waals surface area contributed by atoms with Gasteiger partial charge in [-0.1, -0.05) is 11.8 Å². The minimum absolute atomic E-state index is 0.135. The number of aliphatic hydroxyl groups excluding tert-OH is 1. The Morgan fingerprint density at radius 3 is 2.95 bits per heavy atom. The molecule has 1 aromatic rings. The SMILES string of the molecule is O=C(O)OC1=C(n2cnnn2)S[C@@H]2[C@@H](CO)C(=O)N12. The Bertz CT molecular complexity index is 572. The molecule has 1 aromatic heterocycles. The lowest BCUT2D eigenvalue weighted by atomic mass is 10.00. The van der Waals surface area contributed by atoms with E-state index in [4.69, 9.17) is 10.2 Å². The summed E-state index contributed by atoms with van der Waals surface area (Å²) in [4.78, 5) is 23.6. The van der Waals surface area contributed by atoms with E-state index in [-0.39, 0.29) is 18.4 Å². The molecular formula is C8H7N5O5S. The topological polar surface area (TPSA) is 131 Å². The van der Waals surface area contributed by atoms with Crippen molar-refractivity contribution < 1.29 is 24.5 Å². The number of fused-ring (bicyclic) bond motifs is 1. The quantitative estimate of drug-likeness (QED) is 0.528. The van der Waals surface area contributed by atoms with E-state index in [9.17, 15) is 9.59 Å². The first kappa shape index (κ1) is 11.9. The molecule has 2 aliphatic heterocycles. The number of nitrogens with zero attached hydrogens (tertiary/aromatic N) is 5. The summed E-state index contributed by atoms with van der Waals surface area (Å²) >= 11 is 1.16. The van der Waals surface area contributed by atoms with Crippen LogP contribution in [0.25, 0.3) is 5.03 Å². The summed E-state index contributed by atoms with van der Waals surface area (Å²) in [5.74, 6) is -1.10. The first-order valence-electron chi connectivity index (χ1n) is 5.12. The third-order valence-corrected chi connectivity index (χ3v) is 4.09. The zero-order valence-corrected chi connectivity index (χ0v) is 10.0. The number of amides is 1. The number of carbonyl (C=O) groups excluding carboxylic acids is 1. The van der Waals surface area contributed by atoms with Gasteiger partial charge in [-0.2, -0.15) is 4.68 Å². The number of hydrogen-bond acceptors (Lipinski definition) is 8. The number of carboxylic acid groups (broad SMARTS) is 1. The van der Waals surface area contributed by atoms with Crippen LogP contribution in [0.15, 0.2) is 12.2 Å². The molecule has 2 aliphatic rings. The number of carbonyl (C=O) groups is 2. The van der Waals surface area contributed by atoms with E-state index < -0.39 is 17.4 Å². The minimum atomic E-state index is -1.54. The number of β-lactam (4-membered cyclic amide) rings is 1. The van der Waals surface area contributed by atoms with Crippen LogP contribution in [0.3, 0.4) is 0 Å². The Kier molecular flexibility index (Phi) is 2.64. The first-order valence-corrected chi connectivity index (χ1v) is 6.00. The molecule has 100 valence electrons. The highest BCUT2D eigenvalue weighted by Crippen LogP contribution is 2.50. The zero-order chi connectivity index (χ0) is 13.6. The molecule has 2 N–H and O–H groups in total. The van der Waals surface area contributed by atoms with Gasteiger partial charge in [0.1, 0.15) is 11.7 Å². The van der Waals surface area contributed by atoms with Crippen molar-refractivity contribution >= 4 is 28.9 Å². The second-order valence-electron chi connectivity index (χ2n) is 3.74. The van der Waals surface area contributed by atoms with Crippen LogP contribution in [0, 0.1) is 5.92 Å². The van der Waals surface area contributed by atoms with Crippen LogP contribution in [-0.2, 0) is 9.53 Å². The molecule has 0 spiro atoms. The highest BCUT2D eigenvalue weighted by molar-refractivity contribution is 8.08. The Labute approximate surface area is 109 Å². The molecule has 19 heavy (non-hydrogen) atoms. The molecule has 0 bridgehead atoms. The summed E-state index contributed by atoms with van der Waals surface area (Å²) < 4.78 is 5.84. The number of aromatic nitrogens is 4. The van der Waals surface area contributed by atoms with Crippen molar-refractivity contribution in [1.82, 2.24) is 25.1 Å². The fraction of sp³-hybridized carbons (Fsp3) is 0.375. The summed E-state index contributed by atoms with van der Waals surface area (Å²) in [5, 5.41) is 28.2. The van der Waals surface area contributed by atoms with Crippen LogP contribution < -0.4 is 0 Å². The Balaban J connectivity index is 1.98. The van der Waals surface area contributed by atoms with E-state index in [1.807, 2.05) is 0 Å². The molecule has 10 nitrogen and oxygen atoms in total. The maximum atomic E-state index is 11.8. The third-order valence-electron chi connectivity index (χ3n) is 2.73. The number of hydrogen-bond donors (Lipinski definition) is 2. The normalized spacial score (nSPS) is 25.3. The fourth-order valence-electron chi connectivity index (χ4n) is 1.89. The van der Waals surface area contributed by atoms with Gasteiger partial charge >= 0.3 is 6.16 Å². The molecule has 0 unspecified atom stereocenters. The van der Waals surface area contributed by atoms with Gasteiger partial charge in [0, 0.05) is 0 Å². The van der Waals surface area contributed by atoms with Crippen molar-refractivity contribution in [2.24, 2.45) is 5.92 Å². The van der Waals surface area contributed by atoms with Crippen LogP contribution in [0.2, 0.25) is 0 Å². The second kappa shape index (κ2) is 4.20. The molecule has 0 radical (unpaired) electrons. The molecule has 0 saturated carbocycles. The van der Waals surface area contributed by atoms with Gasteiger partial charge in [-0.15, -0.1) is 5.10 Å². The van der Waals surface area contributed by atoms with Gasteiger partial charge in [0.25, 0.3) is 0 Å². The van der Waals surface area contributed by atoms with Gasteiger partial charge in [0.2, 0.25) is 11.8 Å². The summed E-state index contributed by atoms with van der Waals surface area (Å²) in [6.45, 7) is -0.309. The van der Waals surface area contributed by atoms with Crippen LogP contribution in [0.4, 0.5) is 4.79 Å². The highest BCUT2D eigenvalue weighted by atomic mass is 32.2. The predicted octanol–water partition coefficient (Wildman–Crippen LogP) is -1.03. The maximum absolute atomic E-state index is 11.8. The van der Waals surface area contributed by atoms with E-state index in [2.05, 4.69) is 20.3 Å². The van der Waals surface area contributed by atoms with Gasteiger partial charge in [0.15, 0.2) is 5.03 Å². The van der Waals surface area contributed by atoms with E-state index >= 15 is 0 Å². The Hall–Kier alpha value is -2.14. The zero-order valence-electron chi connectivity index (χ0n) is 9.20. The third kappa shape index (κ3) is 1.66. The lowest BCUT2D eigenvalue weighted by molar-refractivity contribution is -0.151.